The zero-order chi connectivity index (χ0) is 14.5. The van der Waals surface area contributed by atoms with Gasteiger partial charge in [0.05, 0.1) is 0 Å². The molecule has 5 nitrogen and oxygen atoms in total. The van der Waals surface area contributed by atoms with Gasteiger partial charge in [0.25, 0.3) is 0 Å². The molecule has 1 unspecified atom stereocenters. The van der Waals surface area contributed by atoms with Gasteiger partial charge in [-0.15, -0.1) is 0 Å². The minimum Gasteiger partial charge on any atom is -0.481 e. The zero-order valence-electron chi connectivity index (χ0n) is 11.3. The number of para-hydroxylation sites is 1. The van der Waals surface area contributed by atoms with Crippen molar-refractivity contribution in [2.45, 2.75) is 38.1 Å². The van der Waals surface area contributed by atoms with Gasteiger partial charge in [0.2, 0.25) is 5.91 Å². The number of carbonyl (C=O) groups is 2. The van der Waals surface area contributed by atoms with Gasteiger partial charge >= 0.3 is 5.97 Å². The van der Waals surface area contributed by atoms with Crippen LogP contribution in [0.2, 0.25) is 0 Å². The highest BCUT2D eigenvalue weighted by Gasteiger charge is 2.29. The summed E-state index contributed by atoms with van der Waals surface area (Å²) in [5, 5.41) is 11.6. The summed E-state index contributed by atoms with van der Waals surface area (Å²) in [6.07, 6.45) is 3.00. The topological polar surface area (TPSA) is 92.4 Å². The number of hydrogen-bond acceptors (Lipinski definition) is 3. The van der Waals surface area contributed by atoms with E-state index >= 15 is 0 Å². The first-order chi connectivity index (χ1) is 9.56. The lowest BCUT2D eigenvalue weighted by Crippen LogP contribution is -2.29. The second-order valence-corrected chi connectivity index (χ2v) is 5.30. The van der Waals surface area contributed by atoms with Crippen molar-refractivity contribution in [2.75, 3.05) is 5.32 Å². The number of benzene rings is 1. The number of nitrogens with one attached hydrogen (secondary N) is 1. The first kappa shape index (κ1) is 14.5. The van der Waals surface area contributed by atoms with Crippen LogP contribution in [0.1, 0.15) is 31.2 Å². The number of carboxylic acids is 1. The highest BCUT2D eigenvalue weighted by molar-refractivity contribution is 5.92. The highest BCUT2D eigenvalue weighted by atomic mass is 16.4. The van der Waals surface area contributed by atoms with Gasteiger partial charge in [-0.2, -0.15) is 0 Å². The normalized spacial score (nSPS) is 15.7. The fraction of sp³-hybridized carbons (Fsp3) is 0.467. The van der Waals surface area contributed by atoms with Crippen LogP contribution in [0.3, 0.4) is 0 Å². The van der Waals surface area contributed by atoms with Gasteiger partial charge in [-0.25, -0.2) is 0 Å². The number of anilines is 1. The average Bonchev–Trinajstić information content (AvgIpc) is 3.21. The summed E-state index contributed by atoms with van der Waals surface area (Å²) in [4.78, 5) is 22.6. The maximum atomic E-state index is 11.9. The Balaban J connectivity index is 1.93. The number of rotatable bonds is 7. The minimum absolute atomic E-state index is 0.0501. The van der Waals surface area contributed by atoms with Crippen LogP contribution in [-0.2, 0) is 16.0 Å². The molecule has 1 fully saturated rings. The Morgan fingerprint density at radius 1 is 1.35 bits per heavy atom. The molecular formula is C15H20N2O3. The maximum absolute atomic E-state index is 11.9. The third-order valence-electron chi connectivity index (χ3n) is 3.55. The minimum atomic E-state index is -0.845. The first-order valence-corrected chi connectivity index (χ1v) is 6.91. The Labute approximate surface area is 118 Å². The van der Waals surface area contributed by atoms with Crippen LogP contribution in [0.5, 0.6) is 0 Å². The van der Waals surface area contributed by atoms with E-state index in [0.29, 0.717) is 24.4 Å². The van der Waals surface area contributed by atoms with E-state index in [1.807, 2.05) is 18.2 Å². The van der Waals surface area contributed by atoms with Crippen LogP contribution in [0, 0.1) is 5.92 Å². The molecular weight excluding hydrogens is 256 g/mol. The largest absolute Gasteiger partial charge is 0.481 e. The Morgan fingerprint density at radius 2 is 2.05 bits per heavy atom. The lowest BCUT2D eigenvalue weighted by Gasteiger charge is -2.13. The van der Waals surface area contributed by atoms with Gasteiger partial charge in [-0.1, -0.05) is 18.2 Å². The Morgan fingerprint density at radius 3 is 2.70 bits per heavy atom. The Hall–Kier alpha value is -1.88. The smallest absolute Gasteiger partial charge is 0.303 e. The van der Waals surface area contributed by atoms with Crippen LogP contribution in [0.4, 0.5) is 5.69 Å². The predicted molar refractivity (Wildman–Crippen MR) is 76.3 cm³/mol. The number of hydrogen-bond donors (Lipinski definition) is 3. The van der Waals surface area contributed by atoms with Gasteiger partial charge in [-0.05, 0) is 36.8 Å². The van der Waals surface area contributed by atoms with Crippen molar-refractivity contribution in [1.29, 1.82) is 0 Å². The van der Waals surface area contributed by atoms with Crippen molar-refractivity contribution in [1.82, 2.24) is 0 Å². The molecule has 0 radical (unpaired) electrons. The number of aliphatic carboxylic acids is 1. The number of aryl methyl sites for hydroxylation is 1. The number of carboxylic acid groups (broad SMARTS) is 1. The van der Waals surface area contributed by atoms with Crippen molar-refractivity contribution in [3.05, 3.63) is 29.8 Å². The summed E-state index contributed by atoms with van der Waals surface area (Å²) in [6, 6.07) is 7.21. The standard InChI is InChI=1S/C15H20N2O3/c16-12(10-5-6-10)9-14(18)17-13-4-2-1-3-11(13)7-8-15(19)20/h1-4,10,12H,5-9,16H2,(H,17,18)(H,19,20). The van der Waals surface area contributed by atoms with Gasteiger partial charge in [0.1, 0.15) is 0 Å². The second-order valence-electron chi connectivity index (χ2n) is 5.30. The molecule has 20 heavy (non-hydrogen) atoms. The fourth-order valence-electron chi connectivity index (χ4n) is 2.21. The van der Waals surface area contributed by atoms with E-state index in [2.05, 4.69) is 5.32 Å². The fourth-order valence-corrected chi connectivity index (χ4v) is 2.21. The molecule has 0 spiro atoms. The summed E-state index contributed by atoms with van der Waals surface area (Å²) in [5.74, 6) is -0.461. The lowest BCUT2D eigenvalue weighted by molar-refractivity contribution is -0.136. The van der Waals surface area contributed by atoms with Gasteiger partial charge < -0.3 is 16.2 Å². The van der Waals surface area contributed by atoms with Crippen molar-refractivity contribution < 1.29 is 14.7 Å². The van der Waals surface area contributed by atoms with Crippen molar-refractivity contribution in [3.63, 3.8) is 0 Å². The molecule has 1 aromatic carbocycles. The number of carbonyl (C=O) groups excluding carboxylic acids is 1. The van der Waals surface area contributed by atoms with Gasteiger partial charge in [-0.3, -0.25) is 9.59 Å². The van der Waals surface area contributed by atoms with E-state index in [-0.39, 0.29) is 18.4 Å². The molecule has 5 heteroatoms. The second kappa shape index (κ2) is 6.52. The third kappa shape index (κ3) is 4.35. The van der Waals surface area contributed by atoms with Crippen molar-refractivity contribution >= 4 is 17.6 Å². The van der Waals surface area contributed by atoms with E-state index in [1.54, 1.807) is 6.07 Å². The van der Waals surface area contributed by atoms with Crippen LogP contribution in [0.25, 0.3) is 0 Å². The van der Waals surface area contributed by atoms with E-state index < -0.39 is 5.97 Å². The first-order valence-electron chi connectivity index (χ1n) is 6.91. The molecule has 4 N–H and O–H groups in total. The van der Waals surface area contributed by atoms with Crippen LogP contribution >= 0.6 is 0 Å². The van der Waals surface area contributed by atoms with Crippen LogP contribution in [-0.4, -0.2) is 23.0 Å². The van der Waals surface area contributed by atoms with Crippen LogP contribution < -0.4 is 11.1 Å². The van der Waals surface area contributed by atoms with E-state index in [0.717, 1.165) is 18.4 Å². The maximum Gasteiger partial charge on any atom is 0.303 e. The zero-order valence-corrected chi connectivity index (χ0v) is 11.3. The van der Waals surface area contributed by atoms with E-state index in [9.17, 15) is 9.59 Å². The molecule has 0 bridgehead atoms. The molecule has 0 heterocycles. The molecule has 1 aliphatic rings. The van der Waals surface area contributed by atoms with Gasteiger partial charge in [0.15, 0.2) is 0 Å². The third-order valence-corrected chi connectivity index (χ3v) is 3.55. The molecule has 1 saturated carbocycles. The molecule has 1 aromatic rings. The Kier molecular flexibility index (Phi) is 4.74. The van der Waals surface area contributed by atoms with Gasteiger partial charge in [0, 0.05) is 24.6 Å². The molecule has 0 saturated heterocycles. The highest BCUT2D eigenvalue weighted by Crippen LogP contribution is 2.32. The van der Waals surface area contributed by atoms with Crippen molar-refractivity contribution in [3.8, 4) is 0 Å². The molecule has 108 valence electrons. The summed E-state index contributed by atoms with van der Waals surface area (Å²) in [6.45, 7) is 0. The molecule has 1 aliphatic carbocycles. The van der Waals surface area contributed by atoms with E-state index in [4.69, 9.17) is 10.8 Å². The molecule has 1 amide bonds. The summed E-state index contributed by atoms with van der Waals surface area (Å²) < 4.78 is 0. The van der Waals surface area contributed by atoms with Crippen molar-refractivity contribution in [2.24, 2.45) is 11.7 Å². The van der Waals surface area contributed by atoms with Crippen LogP contribution in [0.15, 0.2) is 24.3 Å². The summed E-state index contributed by atoms with van der Waals surface area (Å²) >= 11 is 0. The predicted octanol–water partition coefficient (Wildman–Crippen LogP) is 1.77. The average molecular weight is 276 g/mol. The Bertz CT molecular complexity index is 498. The summed E-state index contributed by atoms with van der Waals surface area (Å²) in [5.41, 5.74) is 7.45. The SMILES string of the molecule is NC(CC(=O)Nc1ccccc1CCC(=O)O)C1CC1. The lowest BCUT2D eigenvalue weighted by atomic mass is 10.1. The molecule has 2 rings (SSSR count). The quantitative estimate of drug-likeness (QED) is 0.707. The molecule has 1 atom stereocenters. The molecule has 0 aliphatic heterocycles. The number of nitrogens with two attached hydrogens (primary N) is 1. The summed E-state index contributed by atoms with van der Waals surface area (Å²) in [7, 11) is 0. The molecule has 0 aromatic heterocycles. The monoisotopic (exact) mass is 276 g/mol. The number of amides is 1. The van der Waals surface area contributed by atoms with E-state index in [1.165, 1.54) is 0 Å².